The van der Waals surface area contributed by atoms with Crippen LogP contribution < -0.4 is 4.74 Å². The van der Waals surface area contributed by atoms with E-state index in [1.807, 2.05) is 41.8 Å². The lowest BCUT2D eigenvalue weighted by molar-refractivity contribution is 0.274. The largest absolute Gasteiger partial charge is 0.490 e. The molecule has 0 aliphatic rings. The molecule has 3 rings (SSSR count). The summed E-state index contributed by atoms with van der Waals surface area (Å²) in [5.41, 5.74) is 3.37. The number of halogens is 2. The highest BCUT2D eigenvalue weighted by Gasteiger charge is 2.11. The Kier molecular flexibility index (Phi) is 5.29. The van der Waals surface area contributed by atoms with Crippen LogP contribution >= 0.6 is 23.2 Å². The first kappa shape index (κ1) is 17.1. The van der Waals surface area contributed by atoms with E-state index in [0.29, 0.717) is 22.4 Å². The van der Waals surface area contributed by atoms with E-state index in [1.165, 1.54) is 0 Å². The Labute approximate surface area is 150 Å². The fourth-order valence-corrected chi connectivity index (χ4v) is 3.18. The molecule has 0 fully saturated rings. The molecule has 24 heavy (non-hydrogen) atoms. The van der Waals surface area contributed by atoms with Gasteiger partial charge in [-0.25, -0.2) is 4.98 Å². The molecule has 0 aliphatic carbocycles. The predicted molar refractivity (Wildman–Crippen MR) is 96.1 cm³/mol. The van der Waals surface area contributed by atoms with Crippen molar-refractivity contribution in [2.75, 3.05) is 6.61 Å². The maximum absolute atomic E-state index is 9.46. The molecular weight excluding hydrogens is 347 g/mol. The van der Waals surface area contributed by atoms with Gasteiger partial charge < -0.3 is 9.84 Å². The van der Waals surface area contributed by atoms with Crippen LogP contribution in [0.15, 0.2) is 36.5 Å². The fourth-order valence-electron chi connectivity index (χ4n) is 2.68. The van der Waals surface area contributed by atoms with Gasteiger partial charge in [0.25, 0.3) is 0 Å². The van der Waals surface area contributed by atoms with Crippen LogP contribution in [0.4, 0.5) is 0 Å². The van der Waals surface area contributed by atoms with Crippen LogP contribution in [0.1, 0.15) is 23.4 Å². The van der Waals surface area contributed by atoms with Gasteiger partial charge in [-0.2, -0.15) is 0 Å². The Hall–Kier alpha value is -1.75. The molecule has 0 spiro atoms. The summed E-state index contributed by atoms with van der Waals surface area (Å²) in [5.74, 6) is 0.711. The minimum atomic E-state index is -0.0501. The smallest absolute Gasteiger partial charge is 0.180 e. The van der Waals surface area contributed by atoms with E-state index < -0.39 is 0 Å². The maximum atomic E-state index is 9.46. The van der Waals surface area contributed by atoms with E-state index in [0.717, 1.165) is 35.4 Å². The predicted octanol–water partition coefficient (Wildman–Crippen LogP) is 4.45. The molecule has 3 aromatic rings. The van der Waals surface area contributed by atoms with Crippen LogP contribution in [0, 0.1) is 6.92 Å². The molecule has 1 N–H and O–H groups in total. The van der Waals surface area contributed by atoms with Crippen molar-refractivity contribution in [3.63, 3.8) is 0 Å². The highest BCUT2D eigenvalue weighted by Crippen LogP contribution is 2.24. The zero-order valence-electron chi connectivity index (χ0n) is 13.3. The van der Waals surface area contributed by atoms with Gasteiger partial charge in [0, 0.05) is 16.2 Å². The van der Waals surface area contributed by atoms with Gasteiger partial charge in [0.1, 0.15) is 0 Å². The Morgan fingerprint density at radius 1 is 1.25 bits per heavy atom. The summed E-state index contributed by atoms with van der Waals surface area (Å²) in [6.45, 7) is 2.38. The molecule has 0 bridgehead atoms. The van der Waals surface area contributed by atoms with Crippen molar-refractivity contribution in [1.82, 2.24) is 9.38 Å². The first-order valence-corrected chi connectivity index (χ1v) is 8.50. The lowest BCUT2D eigenvalue weighted by Crippen LogP contribution is -2.02. The van der Waals surface area contributed by atoms with Crippen LogP contribution in [-0.4, -0.2) is 21.1 Å². The van der Waals surface area contributed by atoms with E-state index in [2.05, 4.69) is 4.98 Å². The third-order valence-electron chi connectivity index (χ3n) is 3.93. The molecule has 0 amide bonds. The number of aliphatic hydroxyl groups excluding tert-OH is 1. The molecule has 0 atom stereocenters. The number of ether oxygens (including phenoxy) is 1. The molecule has 0 saturated heterocycles. The molecule has 2 aromatic heterocycles. The number of aromatic nitrogens is 2. The van der Waals surface area contributed by atoms with Gasteiger partial charge in [0.2, 0.25) is 0 Å². The monoisotopic (exact) mass is 364 g/mol. The fraction of sp³-hybridized carbons (Fsp3) is 0.278. The molecule has 6 heteroatoms. The number of pyridine rings is 1. The molecule has 1 aromatic carbocycles. The third-order valence-corrected chi connectivity index (χ3v) is 4.51. The second kappa shape index (κ2) is 7.43. The summed E-state index contributed by atoms with van der Waals surface area (Å²) >= 11 is 12.1. The third kappa shape index (κ3) is 3.51. The number of nitrogens with zero attached hydrogens (tertiary/aromatic N) is 2. The van der Waals surface area contributed by atoms with E-state index >= 15 is 0 Å². The topological polar surface area (TPSA) is 46.8 Å². The Morgan fingerprint density at radius 3 is 2.83 bits per heavy atom. The number of fused-ring (bicyclic) bond motifs is 1. The zero-order valence-corrected chi connectivity index (χ0v) is 14.8. The van der Waals surface area contributed by atoms with Crippen molar-refractivity contribution in [1.29, 1.82) is 0 Å². The van der Waals surface area contributed by atoms with Crippen molar-refractivity contribution in [2.45, 2.75) is 26.4 Å². The summed E-state index contributed by atoms with van der Waals surface area (Å²) in [7, 11) is 0. The van der Waals surface area contributed by atoms with Crippen molar-refractivity contribution in [2.24, 2.45) is 0 Å². The van der Waals surface area contributed by atoms with Gasteiger partial charge >= 0.3 is 0 Å². The van der Waals surface area contributed by atoms with Gasteiger partial charge in [-0.15, -0.1) is 0 Å². The molecule has 4 nitrogen and oxygen atoms in total. The van der Waals surface area contributed by atoms with Gasteiger partial charge in [-0.3, -0.25) is 4.40 Å². The first-order valence-electron chi connectivity index (χ1n) is 7.74. The van der Waals surface area contributed by atoms with Crippen LogP contribution in [0.2, 0.25) is 10.0 Å². The summed E-state index contributed by atoms with van der Waals surface area (Å²) in [6, 6.07) is 9.31. The minimum absolute atomic E-state index is 0.0501. The van der Waals surface area contributed by atoms with Crippen LogP contribution in [0.5, 0.6) is 5.75 Å². The Bertz CT molecular complexity index is 862. The molecule has 0 saturated carbocycles. The molecular formula is C18H18Cl2N2O2. The number of imidazole rings is 1. The van der Waals surface area contributed by atoms with Gasteiger partial charge in [0.05, 0.1) is 24.6 Å². The van der Waals surface area contributed by atoms with E-state index in [4.69, 9.17) is 27.9 Å². The Balaban J connectivity index is 1.66. The van der Waals surface area contributed by atoms with Gasteiger partial charge in [0.15, 0.2) is 11.4 Å². The molecule has 0 unspecified atom stereocenters. The number of aryl methyl sites for hydroxylation is 2. The lowest BCUT2D eigenvalue weighted by atomic mass is 10.1. The number of aliphatic hydroxyl groups is 1. The SMILES string of the molecule is Cc1nc2c(OCCCc3ccc(Cl)cc3Cl)cccn2c1CO. The zero-order chi connectivity index (χ0) is 17.1. The number of benzene rings is 1. The molecule has 2 heterocycles. The first-order chi connectivity index (χ1) is 11.6. The normalized spacial score (nSPS) is 11.2. The lowest BCUT2D eigenvalue weighted by Gasteiger charge is -2.09. The van der Waals surface area contributed by atoms with E-state index in [-0.39, 0.29) is 6.61 Å². The maximum Gasteiger partial charge on any atom is 0.180 e. The van der Waals surface area contributed by atoms with Gasteiger partial charge in [-0.05, 0) is 49.6 Å². The van der Waals surface area contributed by atoms with Crippen LogP contribution in [0.3, 0.4) is 0 Å². The van der Waals surface area contributed by atoms with Crippen LogP contribution in [-0.2, 0) is 13.0 Å². The highest BCUT2D eigenvalue weighted by molar-refractivity contribution is 6.35. The second-order valence-electron chi connectivity index (χ2n) is 5.56. The van der Waals surface area contributed by atoms with Crippen molar-refractivity contribution in [3.05, 3.63) is 63.5 Å². The summed E-state index contributed by atoms with van der Waals surface area (Å²) in [4.78, 5) is 4.49. The van der Waals surface area contributed by atoms with Gasteiger partial charge in [-0.1, -0.05) is 29.3 Å². The molecule has 126 valence electrons. The van der Waals surface area contributed by atoms with E-state index in [9.17, 15) is 5.11 Å². The Morgan fingerprint density at radius 2 is 2.08 bits per heavy atom. The van der Waals surface area contributed by atoms with Crippen molar-refractivity contribution in [3.8, 4) is 5.75 Å². The van der Waals surface area contributed by atoms with E-state index in [1.54, 1.807) is 6.07 Å². The summed E-state index contributed by atoms with van der Waals surface area (Å²) in [5, 5.41) is 10.8. The molecule has 0 aliphatic heterocycles. The average Bonchev–Trinajstić information content (AvgIpc) is 2.89. The van der Waals surface area contributed by atoms with Crippen molar-refractivity contribution >= 4 is 28.8 Å². The average molecular weight is 365 g/mol. The number of rotatable bonds is 6. The van der Waals surface area contributed by atoms with Crippen molar-refractivity contribution < 1.29 is 9.84 Å². The molecule has 0 radical (unpaired) electrons. The summed E-state index contributed by atoms with van der Waals surface area (Å²) < 4.78 is 7.75. The summed E-state index contributed by atoms with van der Waals surface area (Å²) in [6.07, 6.45) is 3.52. The second-order valence-corrected chi connectivity index (χ2v) is 6.40. The quantitative estimate of drug-likeness (QED) is 0.657. The van der Waals surface area contributed by atoms with Crippen LogP contribution in [0.25, 0.3) is 5.65 Å². The minimum Gasteiger partial charge on any atom is -0.490 e. The number of hydrogen-bond acceptors (Lipinski definition) is 3. The standard InChI is InChI=1S/C18H18Cl2N2O2/c1-12-16(11-23)22-8-2-5-17(18(22)21-12)24-9-3-4-13-6-7-14(19)10-15(13)20/h2,5-8,10,23H,3-4,9,11H2,1H3. The highest BCUT2D eigenvalue weighted by atomic mass is 35.5. The number of hydrogen-bond donors (Lipinski definition) is 1.